The van der Waals surface area contributed by atoms with Gasteiger partial charge in [0, 0.05) is 0 Å². The van der Waals surface area contributed by atoms with Crippen molar-refractivity contribution in [1.29, 1.82) is 0 Å². The Morgan fingerprint density at radius 1 is 1.15 bits per heavy atom. The molecule has 0 radical (unpaired) electrons. The molecule has 2 N–H and O–H groups in total. The van der Waals surface area contributed by atoms with Gasteiger partial charge < -0.3 is 10.6 Å². The van der Waals surface area contributed by atoms with Crippen molar-refractivity contribution in [3.05, 3.63) is 23.8 Å². The molecule has 3 rings (SSSR count). The Labute approximate surface area is 122 Å². The molecule has 1 fully saturated rings. The Hall–Kier alpha value is -1.55. The average Bonchev–Trinajstić information content (AvgIpc) is 3.22. The second-order valence-corrected chi connectivity index (χ2v) is 6.15. The van der Waals surface area contributed by atoms with Crippen LogP contribution in [0.3, 0.4) is 0 Å². The molecule has 2 unspecified atom stereocenters. The lowest BCUT2D eigenvalue weighted by molar-refractivity contribution is -0.123. The predicted molar refractivity (Wildman–Crippen MR) is 78.8 cm³/mol. The molecule has 0 saturated heterocycles. The van der Waals surface area contributed by atoms with Gasteiger partial charge in [-0.15, -0.1) is 11.6 Å². The van der Waals surface area contributed by atoms with Crippen LogP contribution in [0.1, 0.15) is 37.1 Å². The molecule has 2 atom stereocenters. The fraction of sp³-hybridized carbons (Fsp3) is 0.467. The molecule has 0 spiro atoms. The number of halogens is 1. The molecule has 1 aliphatic heterocycles. The van der Waals surface area contributed by atoms with Crippen molar-refractivity contribution < 1.29 is 9.59 Å². The van der Waals surface area contributed by atoms with Crippen LogP contribution in [0.4, 0.5) is 11.4 Å². The topological polar surface area (TPSA) is 58.2 Å². The molecule has 1 aromatic rings. The molecule has 1 heterocycles. The summed E-state index contributed by atoms with van der Waals surface area (Å²) in [6.45, 7) is 2.17. The van der Waals surface area contributed by atoms with Crippen molar-refractivity contribution >= 4 is 34.8 Å². The Kier molecular flexibility index (Phi) is 3.42. The number of carbonyl (C=O) groups is 2. The van der Waals surface area contributed by atoms with E-state index in [1.54, 1.807) is 0 Å². The zero-order chi connectivity index (χ0) is 14.3. The van der Waals surface area contributed by atoms with Gasteiger partial charge in [-0.25, -0.2) is 0 Å². The van der Waals surface area contributed by atoms with Crippen LogP contribution in [-0.4, -0.2) is 11.8 Å². The van der Waals surface area contributed by atoms with Crippen molar-refractivity contribution in [2.45, 2.75) is 31.6 Å². The van der Waals surface area contributed by atoms with E-state index >= 15 is 0 Å². The molecule has 0 aromatic heterocycles. The summed E-state index contributed by atoms with van der Waals surface area (Å²) in [6.07, 6.45) is 2.36. The monoisotopic (exact) mass is 292 g/mol. The first-order chi connectivity index (χ1) is 9.54. The second-order valence-electron chi connectivity index (χ2n) is 5.68. The summed E-state index contributed by atoms with van der Waals surface area (Å²) in [5.41, 5.74) is 2.25. The third kappa shape index (κ3) is 2.66. The van der Waals surface area contributed by atoms with Gasteiger partial charge in [0.05, 0.1) is 16.8 Å². The van der Waals surface area contributed by atoms with E-state index in [9.17, 15) is 9.59 Å². The minimum Gasteiger partial charge on any atom is -0.324 e. The second kappa shape index (κ2) is 5.09. The number of benzene rings is 1. The van der Waals surface area contributed by atoms with Gasteiger partial charge in [0.2, 0.25) is 11.8 Å². The van der Waals surface area contributed by atoms with E-state index in [2.05, 4.69) is 17.6 Å². The minimum absolute atomic E-state index is 0.0661. The SMILES string of the molecule is CC(C1CC1)C(Cl)c1ccc2c(c1)NC(=O)CC(=O)N2. The van der Waals surface area contributed by atoms with E-state index in [-0.39, 0.29) is 23.6 Å². The summed E-state index contributed by atoms with van der Waals surface area (Å²) >= 11 is 6.54. The van der Waals surface area contributed by atoms with Crippen LogP contribution < -0.4 is 10.6 Å². The molecule has 2 amide bonds. The lowest BCUT2D eigenvalue weighted by Gasteiger charge is -2.19. The van der Waals surface area contributed by atoms with Gasteiger partial charge in [-0.3, -0.25) is 9.59 Å². The van der Waals surface area contributed by atoms with E-state index in [0.29, 0.717) is 23.2 Å². The number of rotatable bonds is 3. The maximum absolute atomic E-state index is 11.6. The highest BCUT2D eigenvalue weighted by molar-refractivity contribution is 6.21. The first-order valence-corrected chi connectivity index (χ1v) is 7.36. The molecule has 0 bridgehead atoms. The number of carbonyl (C=O) groups excluding carboxylic acids is 2. The molecule has 106 valence electrons. The van der Waals surface area contributed by atoms with Crippen LogP contribution in [0.25, 0.3) is 0 Å². The molecule has 4 nitrogen and oxygen atoms in total. The van der Waals surface area contributed by atoms with Gasteiger partial charge in [0.15, 0.2) is 0 Å². The van der Waals surface area contributed by atoms with Gasteiger partial charge in [-0.1, -0.05) is 13.0 Å². The highest BCUT2D eigenvalue weighted by atomic mass is 35.5. The molecule has 1 aromatic carbocycles. The van der Waals surface area contributed by atoms with E-state index in [0.717, 1.165) is 5.56 Å². The van der Waals surface area contributed by atoms with Crippen LogP contribution in [0.5, 0.6) is 0 Å². The lowest BCUT2D eigenvalue weighted by atomic mass is 9.95. The zero-order valence-electron chi connectivity index (χ0n) is 11.3. The summed E-state index contributed by atoms with van der Waals surface area (Å²) in [7, 11) is 0. The number of anilines is 2. The van der Waals surface area contributed by atoms with Gasteiger partial charge in [0.25, 0.3) is 0 Å². The standard InChI is InChI=1S/C15H17ClN2O2/c1-8(9-2-3-9)15(16)10-4-5-11-12(6-10)18-14(20)7-13(19)17-11/h4-6,8-9,15H,2-3,7H2,1H3,(H,17,19)(H,18,20). The smallest absolute Gasteiger partial charge is 0.233 e. The van der Waals surface area contributed by atoms with Crippen LogP contribution in [0.15, 0.2) is 18.2 Å². The number of fused-ring (bicyclic) bond motifs is 1. The van der Waals surface area contributed by atoms with Crippen LogP contribution in [0.2, 0.25) is 0 Å². The molecule has 1 aliphatic carbocycles. The largest absolute Gasteiger partial charge is 0.324 e. The van der Waals surface area contributed by atoms with E-state index in [1.807, 2.05) is 18.2 Å². The van der Waals surface area contributed by atoms with Crippen LogP contribution >= 0.6 is 11.6 Å². The van der Waals surface area contributed by atoms with Crippen molar-refractivity contribution in [1.82, 2.24) is 0 Å². The third-order valence-corrected chi connectivity index (χ3v) is 4.71. The minimum atomic E-state index is -0.292. The molecule has 5 heteroatoms. The predicted octanol–water partition coefficient (Wildman–Crippen LogP) is 3.29. The van der Waals surface area contributed by atoms with Crippen molar-refractivity contribution in [2.75, 3.05) is 10.6 Å². The molecule has 2 aliphatic rings. The van der Waals surface area contributed by atoms with Gasteiger partial charge in [-0.05, 0) is 42.4 Å². The Morgan fingerprint density at radius 2 is 1.80 bits per heavy atom. The van der Waals surface area contributed by atoms with Gasteiger partial charge in [-0.2, -0.15) is 0 Å². The first kappa shape index (κ1) is 13.4. The summed E-state index contributed by atoms with van der Waals surface area (Å²) in [6, 6.07) is 5.60. The number of nitrogens with one attached hydrogen (secondary N) is 2. The Bertz CT molecular complexity index is 569. The average molecular weight is 293 g/mol. The highest BCUT2D eigenvalue weighted by Gasteiger charge is 2.33. The highest BCUT2D eigenvalue weighted by Crippen LogP contribution is 2.46. The van der Waals surface area contributed by atoms with Gasteiger partial charge >= 0.3 is 0 Å². The summed E-state index contributed by atoms with van der Waals surface area (Å²) < 4.78 is 0. The van der Waals surface area contributed by atoms with E-state index < -0.39 is 0 Å². The van der Waals surface area contributed by atoms with Crippen molar-refractivity contribution in [3.63, 3.8) is 0 Å². The Balaban J connectivity index is 1.88. The van der Waals surface area contributed by atoms with E-state index in [4.69, 9.17) is 11.6 Å². The third-order valence-electron chi connectivity index (χ3n) is 4.06. The number of amides is 2. The number of hydrogen-bond acceptors (Lipinski definition) is 2. The van der Waals surface area contributed by atoms with Crippen LogP contribution in [-0.2, 0) is 9.59 Å². The summed E-state index contributed by atoms with van der Waals surface area (Å²) in [5.74, 6) is 0.555. The normalized spacial score (nSPS) is 21.3. The Morgan fingerprint density at radius 3 is 2.45 bits per heavy atom. The molecule has 20 heavy (non-hydrogen) atoms. The zero-order valence-corrected chi connectivity index (χ0v) is 12.0. The first-order valence-electron chi connectivity index (χ1n) is 6.92. The maximum atomic E-state index is 11.6. The van der Waals surface area contributed by atoms with Gasteiger partial charge in [0.1, 0.15) is 6.42 Å². The van der Waals surface area contributed by atoms with Crippen molar-refractivity contribution in [2.24, 2.45) is 11.8 Å². The molecule has 1 saturated carbocycles. The fourth-order valence-corrected chi connectivity index (χ4v) is 2.99. The van der Waals surface area contributed by atoms with E-state index in [1.165, 1.54) is 12.8 Å². The number of alkyl halides is 1. The quantitative estimate of drug-likeness (QED) is 0.663. The molecular weight excluding hydrogens is 276 g/mol. The fourth-order valence-electron chi connectivity index (χ4n) is 2.64. The van der Waals surface area contributed by atoms with Crippen LogP contribution in [0, 0.1) is 11.8 Å². The van der Waals surface area contributed by atoms with Crippen molar-refractivity contribution in [3.8, 4) is 0 Å². The summed E-state index contributed by atoms with van der Waals surface area (Å²) in [5, 5.41) is 5.40. The summed E-state index contributed by atoms with van der Waals surface area (Å²) in [4.78, 5) is 23.1. The maximum Gasteiger partial charge on any atom is 0.233 e. The lowest BCUT2D eigenvalue weighted by Crippen LogP contribution is -2.16. The molecular formula is C15H17ClN2O2. The number of hydrogen-bond donors (Lipinski definition) is 2.